The molecule has 2 aromatic carbocycles. The van der Waals surface area contributed by atoms with Crippen molar-refractivity contribution in [3.05, 3.63) is 52.5 Å². The van der Waals surface area contributed by atoms with E-state index < -0.39 is 0 Å². The van der Waals surface area contributed by atoms with Crippen LogP contribution in [0, 0.1) is 6.92 Å². The zero-order valence-corrected chi connectivity index (χ0v) is 13.5. The van der Waals surface area contributed by atoms with E-state index in [9.17, 15) is 0 Å². The fourth-order valence-corrected chi connectivity index (χ4v) is 2.38. The molecule has 1 atom stereocenters. The summed E-state index contributed by atoms with van der Waals surface area (Å²) < 4.78 is 10.6. The molecule has 0 aromatic heterocycles. The fraction of sp³-hybridized carbons (Fsp3) is 0.294. The first-order chi connectivity index (χ1) is 10.0. The van der Waals surface area contributed by atoms with Gasteiger partial charge < -0.3 is 14.8 Å². The second-order valence-corrected chi connectivity index (χ2v) is 5.37. The maximum atomic E-state index is 6.12. The Kier molecular flexibility index (Phi) is 4.97. The molecular weight excluding hydrogens is 286 g/mol. The van der Waals surface area contributed by atoms with Gasteiger partial charge in [0, 0.05) is 18.2 Å². The minimum absolute atomic E-state index is 0.144. The molecule has 112 valence electrons. The van der Waals surface area contributed by atoms with E-state index in [1.807, 2.05) is 6.07 Å². The van der Waals surface area contributed by atoms with Crippen LogP contribution in [0.2, 0.25) is 5.02 Å². The Morgan fingerprint density at radius 1 is 1.00 bits per heavy atom. The summed E-state index contributed by atoms with van der Waals surface area (Å²) in [5.41, 5.74) is 3.31. The molecule has 0 fully saturated rings. The number of aryl methyl sites for hydroxylation is 1. The van der Waals surface area contributed by atoms with E-state index in [1.165, 1.54) is 11.1 Å². The van der Waals surface area contributed by atoms with Gasteiger partial charge in [0.15, 0.2) is 0 Å². The van der Waals surface area contributed by atoms with E-state index in [1.54, 1.807) is 20.3 Å². The van der Waals surface area contributed by atoms with Gasteiger partial charge in [-0.05, 0) is 19.4 Å². The predicted molar refractivity (Wildman–Crippen MR) is 87.8 cm³/mol. The van der Waals surface area contributed by atoms with Crippen molar-refractivity contribution in [3.8, 4) is 11.5 Å². The van der Waals surface area contributed by atoms with E-state index in [0.717, 1.165) is 5.69 Å². The third kappa shape index (κ3) is 3.61. The van der Waals surface area contributed by atoms with Crippen LogP contribution in [0.1, 0.15) is 24.1 Å². The molecule has 0 radical (unpaired) electrons. The first-order valence-electron chi connectivity index (χ1n) is 6.79. The number of anilines is 1. The van der Waals surface area contributed by atoms with Crippen LogP contribution in [0.25, 0.3) is 0 Å². The average Bonchev–Trinajstić information content (AvgIpc) is 2.49. The Balaban J connectivity index is 2.27. The Morgan fingerprint density at radius 2 is 1.62 bits per heavy atom. The highest BCUT2D eigenvalue weighted by molar-refractivity contribution is 6.32. The molecule has 0 spiro atoms. The number of hydrogen-bond donors (Lipinski definition) is 1. The first kappa shape index (κ1) is 15.5. The van der Waals surface area contributed by atoms with Gasteiger partial charge in [-0.1, -0.05) is 41.4 Å². The van der Waals surface area contributed by atoms with Gasteiger partial charge in [0.1, 0.15) is 11.5 Å². The van der Waals surface area contributed by atoms with Gasteiger partial charge in [0.25, 0.3) is 0 Å². The van der Waals surface area contributed by atoms with Crippen molar-refractivity contribution >= 4 is 17.3 Å². The standard InChI is InChI=1S/C17H20ClNO2/c1-11-5-7-13(8-6-11)12(2)19-15-10-16(20-3)14(18)9-17(15)21-4/h5-10,12,19H,1-4H3. The summed E-state index contributed by atoms with van der Waals surface area (Å²) in [5, 5.41) is 3.97. The summed E-state index contributed by atoms with van der Waals surface area (Å²) in [4.78, 5) is 0. The second kappa shape index (κ2) is 6.72. The number of methoxy groups -OCH3 is 2. The molecule has 0 aliphatic carbocycles. The van der Waals surface area contributed by atoms with Gasteiger partial charge in [-0.2, -0.15) is 0 Å². The molecule has 2 aromatic rings. The maximum Gasteiger partial charge on any atom is 0.143 e. The van der Waals surface area contributed by atoms with E-state index in [2.05, 4.69) is 43.4 Å². The van der Waals surface area contributed by atoms with Crippen molar-refractivity contribution in [1.29, 1.82) is 0 Å². The molecule has 0 saturated carbocycles. The number of halogens is 1. The highest BCUT2D eigenvalue weighted by Gasteiger charge is 2.13. The number of hydrogen-bond acceptors (Lipinski definition) is 3. The fourth-order valence-electron chi connectivity index (χ4n) is 2.14. The Labute approximate surface area is 130 Å². The monoisotopic (exact) mass is 305 g/mol. The van der Waals surface area contributed by atoms with Crippen molar-refractivity contribution in [2.75, 3.05) is 19.5 Å². The van der Waals surface area contributed by atoms with Crippen LogP contribution in [0.4, 0.5) is 5.69 Å². The minimum Gasteiger partial charge on any atom is -0.495 e. The molecule has 4 heteroatoms. The van der Waals surface area contributed by atoms with Gasteiger partial charge in [0.05, 0.1) is 24.9 Å². The van der Waals surface area contributed by atoms with Gasteiger partial charge in [-0.3, -0.25) is 0 Å². The first-order valence-corrected chi connectivity index (χ1v) is 7.17. The largest absolute Gasteiger partial charge is 0.495 e. The molecular formula is C17H20ClNO2. The number of benzene rings is 2. The van der Waals surface area contributed by atoms with Crippen molar-refractivity contribution in [2.24, 2.45) is 0 Å². The molecule has 0 bridgehead atoms. The third-order valence-electron chi connectivity index (χ3n) is 3.42. The molecule has 1 N–H and O–H groups in total. The highest BCUT2D eigenvalue weighted by atomic mass is 35.5. The molecule has 0 heterocycles. The molecule has 1 unspecified atom stereocenters. The quantitative estimate of drug-likeness (QED) is 0.857. The van der Waals surface area contributed by atoms with Crippen molar-refractivity contribution < 1.29 is 9.47 Å². The van der Waals surface area contributed by atoms with Crippen LogP contribution in [0.15, 0.2) is 36.4 Å². The molecule has 0 aliphatic heterocycles. The normalized spacial score (nSPS) is 11.9. The number of ether oxygens (including phenoxy) is 2. The predicted octanol–water partition coefficient (Wildman–Crippen LogP) is 4.84. The van der Waals surface area contributed by atoms with Gasteiger partial charge in [-0.15, -0.1) is 0 Å². The summed E-state index contributed by atoms with van der Waals surface area (Å²) in [5.74, 6) is 1.32. The van der Waals surface area contributed by atoms with Crippen LogP contribution < -0.4 is 14.8 Å². The molecule has 21 heavy (non-hydrogen) atoms. The van der Waals surface area contributed by atoms with Gasteiger partial charge in [0.2, 0.25) is 0 Å². The van der Waals surface area contributed by atoms with Crippen LogP contribution in [0.5, 0.6) is 11.5 Å². The summed E-state index contributed by atoms with van der Waals surface area (Å²) in [6.07, 6.45) is 0. The number of nitrogens with one attached hydrogen (secondary N) is 1. The summed E-state index contributed by atoms with van der Waals surface area (Å²) in [7, 11) is 3.22. The lowest BCUT2D eigenvalue weighted by atomic mass is 10.1. The molecule has 0 aliphatic rings. The van der Waals surface area contributed by atoms with Crippen LogP contribution in [0.3, 0.4) is 0 Å². The van der Waals surface area contributed by atoms with Crippen molar-refractivity contribution in [3.63, 3.8) is 0 Å². The Bertz CT molecular complexity index is 611. The molecule has 3 nitrogen and oxygen atoms in total. The SMILES string of the molecule is COc1cc(NC(C)c2ccc(C)cc2)c(OC)cc1Cl. The van der Waals surface area contributed by atoms with E-state index >= 15 is 0 Å². The van der Waals surface area contributed by atoms with E-state index in [0.29, 0.717) is 16.5 Å². The van der Waals surface area contributed by atoms with Crippen molar-refractivity contribution in [2.45, 2.75) is 19.9 Å². The van der Waals surface area contributed by atoms with Gasteiger partial charge in [-0.25, -0.2) is 0 Å². The zero-order chi connectivity index (χ0) is 15.4. The van der Waals surface area contributed by atoms with Gasteiger partial charge >= 0.3 is 0 Å². The summed E-state index contributed by atoms with van der Waals surface area (Å²) in [6, 6.07) is 12.2. The maximum absolute atomic E-state index is 6.12. The lowest BCUT2D eigenvalue weighted by Gasteiger charge is -2.19. The smallest absolute Gasteiger partial charge is 0.143 e. The molecule has 2 rings (SSSR count). The van der Waals surface area contributed by atoms with Crippen LogP contribution in [-0.4, -0.2) is 14.2 Å². The third-order valence-corrected chi connectivity index (χ3v) is 3.72. The zero-order valence-electron chi connectivity index (χ0n) is 12.7. The topological polar surface area (TPSA) is 30.5 Å². The minimum atomic E-state index is 0.144. The van der Waals surface area contributed by atoms with Crippen molar-refractivity contribution in [1.82, 2.24) is 0 Å². The van der Waals surface area contributed by atoms with Crippen LogP contribution in [-0.2, 0) is 0 Å². The van der Waals surface area contributed by atoms with Crippen LogP contribution >= 0.6 is 11.6 Å². The Hall–Kier alpha value is -1.87. The lowest BCUT2D eigenvalue weighted by molar-refractivity contribution is 0.404. The highest BCUT2D eigenvalue weighted by Crippen LogP contribution is 2.37. The molecule has 0 saturated heterocycles. The molecule has 0 amide bonds. The number of rotatable bonds is 5. The summed E-state index contributed by atoms with van der Waals surface area (Å²) in [6.45, 7) is 4.18. The lowest BCUT2D eigenvalue weighted by Crippen LogP contribution is -2.08. The second-order valence-electron chi connectivity index (χ2n) is 4.96. The summed E-state index contributed by atoms with van der Waals surface area (Å²) >= 11 is 6.12. The van der Waals surface area contributed by atoms with E-state index in [-0.39, 0.29) is 6.04 Å². The van der Waals surface area contributed by atoms with E-state index in [4.69, 9.17) is 21.1 Å². The Morgan fingerprint density at radius 3 is 2.19 bits per heavy atom. The average molecular weight is 306 g/mol.